The van der Waals surface area contributed by atoms with Gasteiger partial charge in [-0.25, -0.2) is 9.07 Å². The largest absolute Gasteiger partial charge is 0.328 e. The maximum atomic E-state index is 14.9. The van der Waals surface area contributed by atoms with E-state index in [1.165, 1.54) is 22.9 Å². The highest BCUT2D eigenvalue weighted by Gasteiger charge is 2.42. The molecule has 9 heteroatoms. The quantitative estimate of drug-likeness (QED) is 0.476. The second kappa shape index (κ2) is 7.08. The van der Waals surface area contributed by atoms with Crippen molar-refractivity contribution in [3.8, 4) is 11.4 Å². The number of nitro groups is 1. The van der Waals surface area contributed by atoms with Gasteiger partial charge >= 0.3 is 0 Å². The zero-order valence-corrected chi connectivity index (χ0v) is 17.5. The molecule has 1 aromatic heterocycles. The van der Waals surface area contributed by atoms with E-state index in [0.29, 0.717) is 41.3 Å². The molecule has 0 amide bonds. The first-order chi connectivity index (χ1) is 15.2. The zero-order chi connectivity index (χ0) is 22.6. The Morgan fingerprint density at radius 2 is 1.88 bits per heavy atom. The third kappa shape index (κ3) is 3.26. The van der Waals surface area contributed by atoms with Crippen molar-refractivity contribution in [2.24, 2.45) is 5.41 Å². The van der Waals surface area contributed by atoms with E-state index in [-0.39, 0.29) is 16.9 Å². The fourth-order valence-electron chi connectivity index (χ4n) is 4.45. The molecule has 1 N–H and O–H groups in total. The number of nitro benzene ring substituents is 1. The number of Topliss-reactive ketones (excluding diaryl/α,β-unsaturated/α-hetero) is 1. The van der Waals surface area contributed by atoms with Crippen LogP contribution in [0.2, 0.25) is 0 Å². The van der Waals surface area contributed by atoms with Gasteiger partial charge in [0.2, 0.25) is 5.95 Å². The van der Waals surface area contributed by atoms with Crippen LogP contribution in [0.5, 0.6) is 0 Å². The normalized spacial score (nSPS) is 19.2. The van der Waals surface area contributed by atoms with Crippen LogP contribution >= 0.6 is 0 Å². The highest BCUT2D eigenvalue weighted by Crippen LogP contribution is 2.46. The minimum atomic E-state index is -0.745. The number of anilines is 1. The highest BCUT2D eigenvalue weighted by molar-refractivity contribution is 6.00. The number of halogens is 1. The van der Waals surface area contributed by atoms with Crippen molar-refractivity contribution in [3.63, 3.8) is 0 Å². The smallest absolute Gasteiger partial charge is 0.269 e. The van der Waals surface area contributed by atoms with Crippen molar-refractivity contribution in [1.82, 2.24) is 14.8 Å². The summed E-state index contributed by atoms with van der Waals surface area (Å²) in [6.07, 6.45) is 0.983. The second-order valence-electron chi connectivity index (χ2n) is 8.89. The summed E-state index contributed by atoms with van der Waals surface area (Å²) in [4.78, 5) is 28.2. The molecular formula is C23H20FN5O3. The maximum absolute atomic E-state index is 14.9. The van der Waals surface area contributed by atoms with Crippen LogP contribution in [0.4, 0.5) is 16.0 Å². The lowest BCUT2D eigenvalue weighted by Crippen LogP contribution is -2.36. The summed E-state index contributed by atoms with van der Waals surface area (Å²) < 4.78 is 16.4. The van der Waals surface area contributed by atoms with Gasteiger partial charge in [-0.15, -0.1) is 5.10 Å². The van der Waals surface area contributed by atoms with Gasteiger partial charge in [-0.3, -0.25) is 14.9 Å². The number of carbonyl (C=O) groups is 1. The molecule has 5 rings (SSSR count). The molecule has 2 heterocycles. The SMILES string of the molecule is CC1(C)CC(=O)C2=C(C1)Nc1nc(-c3ccc([N+](=O)[O-])cc3)nn1C2c1ccccc1F. The number of nitrogens with one attached hydrogen (secondary N) is 1. The molecule has 2 aromatic carbocycles. The van der Waals surface area contributed by atoms with Crippen molar-refractivity contribution >= 4 is 17.4 Å². The first-order valence-electron chi connectivity index (χ1n) is 10.2. The minimum Gasteiger partial charge on any atom is -0.328 e. The van der Waals surface area contributed by atoms with Crippen molar-refractivity contribution in [2.75, 3.05) is 5.32 Å². The van der Waals surface area contributed by atoms with Crippen molar-refractivity contribution in [1.29, 1.82) is 0 Å². The van der Waals surface area contributed by atoms with Gasteiger partial charge < -0.3 is 5.32 Å². The number of hydrogen-bond acceptors (Lipinski definition) is 6. The number of rotatable bonds is 3. The number of ketones is 1. The van der Waals surface area contributed by atoms with Crippen LogP contribution < -0.4 is 5.32 Å². The van der Waals surface area contributed by atoms with Gasteiger partial charge in [0.15, 0.2) is 11.6 Å². The van der Waals surface area contributed by atoms with E-state index < -0.39 is 16.8 Å². The summed E-state index contributed by atoms with van der Waals surface area (Å²) in [6, 6.07) is 11.5. The Bertz CT molecular complexity index is 1290. The van der Waals surface area contributed by atoms with E-state index >= 15 is 0 Å². The van der Waals surface area contributed by atoms with Gasteiger partial charge in [0, 0.05) is 41.0 Å². The molecule has 8 nitrogen and oxygen atoms in total. The Kier molecular flexibility index (Phi) is 4.44. The Hall–Kier alpha value is -3.88. The molecule has 0 bridgehead atoms. The maximum Gasteiger partial charge on any atom is 0.269 e. The standard InChI is InChI=1S/C23H20FN5O3/c1-23(2)11-17-19(18(30)12-23)20(15-5-3-4-6-16(15)24)28-22(25-17)26-21(27-28)13-7-9-14(10-8-13)29(31)32/h3-10,20H,11-12H2,1-2H3,(H,25,26,27). The lowest BCUT2D eigenvalue weighted by atomic mass is 9.73. The number of hydrogen-bond donors (Lipinski definition) is 1. The monoisotopic (exact) mass is 433 g/mol. The number of benzene rings is 2. The van der Waals surface area contributed by atoms with Gasteiger partial charge in [-0.1, -0.05) is 32.0 Å². The number of allylic oxidation sites excluding steroid dienone is 2. The molecule has 1 atom stereocenters. The van der Waals surface area contributed by atoms with Crippen LogP contribution in [0.25, 0.3) is 11.4 Å². The second-order valence-corrected chi connectivity index (χ2v) is 8.89. The fraction of sp³-hybridized carbons (Fsp3) is 0.261. The third-order valence-electron chi connectivity index (χ3n) is 5.87. The molecule has 162 valence electrons. The van der Waals surface area contributed by atoms with Crippen LogP contribution in [0.3, 0.4) is 0 Å². The molecule has 2 aliphatic rings. The molecular weight excluding hydrogens is 413 g/mol. The summed E-state index contributed by atoms with van der Waals surface area (Å²) in [5.41, 5.74) is 1.89. The van der Waals surface area contributed by atoms with E-state index in [1.807, 2.05) is 13.8 Å². The molecule has 1 unspecified atom stereocenters. The van der Waals surface area contributed by atoms with Gasteiger partial charge in [0.1, 0.15) is 11.9 Å². The summed E-state index contributed by atoms with van der Waals surface area (Å²) in [6.45, 7) is 4.05. The molecule has 0 fully saturated rings. The lowest BCUT2D eigenvalue weighted by Gasteiger charge is -2.38. The fourth-order valence-corrected chi connectivity index (χ4v) is 4.45. The molecule has 3 aromatic rings. The van der Waals surface area contributed by atoms with Crippen molar-refractivity contribution in [2.45, 2.75) is 32.7 Å². The van der Waals surface area contributed by atoms with Crippen LogP contribution in [0, 0.1) is 21.3 Å². The highest BCUT2D eigenvalue weighted by atomic mass is 19.1. The van der Waals surface area contributed by atoms with Crippen molar-refractivity contribution < 1.29 is 14.1 Å². The first kappa shape index (κ1) is 20.0. The zero-order valence-electron chi connectivity index (χ0n) is 17.5. The predicted molar refractivity (Wildman–Crippen MR) is 115 cm³/mol. The number of carbonyl (C=O) groups excluding carboxylic acids is 1. The van der Waals surface area contributed by atoms with Gasteiger partial charge in [-0.2, -0.15) is 4.98 Å². The average molecular weight is 433 g/mol. The number of aromatic nitrogens is 3. The summed E-state index contributed by atoms with van der Waals surface area (Å²) in [7, 11) is 0. The van der Waals surface area contributed by atoms with Crippen LogP contribution in [-0.2, 0) is 4.79 Å². The Morgan fingerprint density at radius 1 is 1.16 bits per heavy atom. The molecule has 0 spiro atoms. The van der Waals surface area contributed by atoms with Crippen LogP contribution in [-0.4, -0.2) is 25.5 Å². The topological polar surface area (TPSA) is 103 Å². The van der Waals surface area contributed by atoms with E-state index in [0.717, 1.165) is 5.70 Å². The van der Waals surface area contributed by atoms with Gasteiger partial charge in [0.05, 0.1) is 4.92 Å². The number of non-ortho nitro benzene ring substituents is 1. The Balaban J connectivity index is 1.66. The summed E-state index contributed by atoms with van der Waals surface area (Å²) in [5.74, 6) is 0.253. The minimum absolute atomic E-state index is 0.0370. The molecule has 0 saturated carbocycles. The van der Waals surface area contributed by atoms with Crippen molar-refractivity contribution in [3.05, 3.63) is 81.3 Å². The molecule has 1 aliphatic heterocycles. The van der Waals surface area contributed by atoms with E-state index in [2.05, 4.69) is 15.4 Å². The molecule has 0 saturated heterocycles. The van der Waals surface area contributed by atoms with Crippen LogP contribution in [0.15, 0.2) is 59.8 Å². The number of fused-ring (bicyclic) bond motifs is 1. The average Bonchev–Trinajstić information content (AvgIpc) is 3.15. The number of nitrogens with zero attached hydrogens (tertiary/aromatic N) is 4. The summed E-state index contributed by atoms with van der Waals surface area (Å²) in [5, 5.41) is 18.8. The first-order valence-corrected chi connectivity index (χ1v) is 10.2. The molecule has 32 heavy (non-hydrogen) atoms. The summed E-state index contributed by atoms with van der Waals surface area (Å²) >= 11 is 0. The van der Waals surface area contributed by atoms with E-state index in [4.69, 9.17) is 0 Å². The van der Waals surface area contributed by atoms with Gasteiger partial charge in [0.25, 0.3) is 5.69 Å². The molecule has 0 radical (unpaired) electrons. The third-order valence-corrected chi connectivity index (χ3v) is 5.87. The molecule has 1 aliphatic carbocycles. The Labute approximate surface area is 182 Å². The van der Waals surface area contributed by atoms with E-state index in [1.54, 1.807) is 30.3 Å². The van der Waals surface area contributed by atoms with Gasteiger partial charge in [-0.05, 0) is 30.0 Å². The lowest BCUT2D eigenvalue weighted by molar-refractivity contribution is -0.384. The van der Waals surface area contributed by atoms with E-state index in [9.17, 15) is 19.3 Å². The predicted octanol–water partition coefficient (Wildman–Crippen LogP) is 4.65. The van der Waals surface area contributed by atoms with Crippen LogP contribution in [0.1, 0.15) is 38.3 Å². The Morgan fingerprint density at radius 3 is 2.56 bits per heavy atom.